The van der Waals surface area contributed by atoms with Gasteiger partial charge < -0.3 is 5.11 Å². The molecule has 2 rings (SSSR count). The van der Waals surface area contributed by atoms with Crippen LogP contribution in [0.5, 0.6) is 0 Å². The second-order valence-electron chi connectivity index (χ2n) is 4.76. The summed E-state index contributed by atoms with van der Waals surface area (Å²) in [5.41, 5.74) is 0. The number of nitrogens with zero attached hydrogens (tertiary/aromatic N) is 1. The molecule has 0 bridgehead atoms. The molecule has 0 aromatic heterocycles. The summed E-state index contributed by atoms with van der Waals surface area (Å²) in [4.78, 5) is 13.6. The number of Topliss-reactive ketones (excluding diaryl/α,β-unsaturated/α-hetero) is 1. The predicted molar refractivity (Wildman–Crippen MR) is 54.0 cm³/mol. The van der Waals surface area contributed by atoms with E-state index in [1.807, 2.05) is 0 Å². The first kappa shape index (κ1) is 10.1. The fraction of sp³-hybridized carbons (Fsp3) is 0.909. The van der Waals surface area contributed by atoms with Crippen molar-refractivity contribution in [3.8, 4) is 0 Å². The van der Waals surface area contributed by atoms with Crippen LogP contribution in [0.25, 0.3) is 0 Å². The second kappa shape index (κ2) is 3.99. The quantitative estimate of drug-likeness (QED) is 0.676. The molecule has 0 aromatic carbocycles. The van der Waals surface area contributed by atoms with E-state index in [4.69, 9.17) is 0 Å². The number of aliphatic hydroxyl groups is 1. The standard InChI is InChI=1S/C11H19NO2/c1-8-7-12(5-4-11(8)14)9-2-3-10(13)6-9/h8-9,11,14H,2-7H2,1H3. The third-order valence-corrected chi connectivity index (χ3v) is 3.63. The zero-order valence-corrected chi connectivity index (χ0v) is 8.78. The SMILES string of the molecule is CC1CN(C2CCC(=O)C2)CCC1O. The van der Waals surface area contributed by atoms with E-state index in [1.165, 1.54) is 0 Å². The van der Waals surface area contributed by atoms with Gasteiger partial charge in [0, 0.05) is 32.0 Å². The molecule has 1 saturated carbocycles. The third-order valence-electron chi connectivity index (χ3n) is 3.63. The molecule has 0 radical (unpaired) electrons. The molecule has 3 unspecified atom stereocenters. The maximum atomic E-state index is 11.2. The van der Waals surface area contributed by atoms with E-state index in [-0.39, 0.29) is 6.10 Å². The van der Waals surface area contributed by atoms with Crippen molar-refractivity contribution in [2.24, 2.45) is 5.92 Å². The number of hydrogen-bond acceptors (Lipinski definition) is 3. The highest BCUT2D eigenvalue weighted by Crippen LogP contribution is 2.26. The van der Waals surface area contributed by atoms with Crippen molar-refractivity contribution in [1.29, 1.82) is 0 Å². The van der Waals surface area contributed by atoms with Gasteiger partial charge in [-0.1, -0.05) is 6.92 Å². The van der Waals surface area contributed by atoms with Gasteiger partial charge in [0.1, 0.15) is 5.78 Å². The van der Waals surface area contributed by atoms with Crippen molar-refractivity contribution in [2.75, 3.05) is 13.1 Å². The molecule has 1 aliphatic heterocycles. The largest absolute Gasteiger partial charge is 0.393 e. The summed E-state index contributed by atoms with van der Waals surface area (Å²) in [6, 6.07) is 0.470. The number of aliphatic hydroxyl groups excluding tert-OH is 1. The Morgan fingerprint density at radius 3 is 2.79 bits per heavy atom. The fourth-order valence-corrected chi connectivity index (χ4v) is 2.60. The van der Waals surface area contributed by atoms with Crippen LogP contribution in [0, 0.1) is 5.92 Å². The fourth-order valence-electron chi connectivity index (χ4n) is 2.60. The van der Waals surface area contributed by atoms with Crippen molar-refractivity contribution < 1.29 is 9.90 Å². The lowest BCUT2D eigenvalue weighted by Gasteiger charge is -2.37. The minimum Gasteiger partial charge on any atom is -0.393 e. The maximum Gasteiger partial charge on any atom is 0.134 e. The van der Waals surface area contributed by atoms with Gasteiger partial charge in [0.05, 0.1) is 6.10 Å². The predicted octanol–water partition coefficient (Wildman–Crippen LogP) is 0.811. The molecule has 1 heterocycles. The number of hydrogen-bond donors (Lipinski definition) is 1. The minimum atomic E-state index is -0.136. The van der Waals surface area contributed by atoms with Gasteiger partial charge >= 0.3 is 0 Å². The number of ketones is 1. The van der Waals surface area contributed by atoms with Crippen LogP contribution in [0.2, 0.25) is 0 Å². The van der Waals surface area contributed by atoms with Crippen molar-refractivity contribution in [3.63, 3.8) is 0 Å². The summed E-state index contributed by atoms with van der Waals surface area (Å²) in [6.45, 7) is 4.01. The van der Waals surface area contributed by atoms with Gasteiger partial charge in [-0.05, 0) is 18.8 Å². The maximum absolute atomic E-state index is 11.2. The molecular weight excluding hydrogens is 178 g/mol. The molecule has 0 aromatic rings. The summed E-state index contributed by atoms with van der Waals surface area (Å²) in [6.07, 6.45) is 3.26. The molecule has 3 nitrogen and oxygen atoms in total. The van der Waals surface area contributed by atoms with Gasteiger partial charge in [0.25, 0.3) is 0 Å². The zero-order valence-electron chi connectivity index (χ0n) is 8.78. The van der Waals surface area contributed by atoms with E-state index in [2.05, 4.69) is 11.8 Å². The minimum absolute atomic E-state index is 0.136. The number of rotatable bonds is 1. The summed E-state index contributed by atoms with van der Waals surface area (Å²) in [7, 11) is 0. The molecular formula is C11H19NO2. The molecule has 1 N–H and O–H groups in total. The Kier molecular flexibility index (Phi) is 2.88. The molecule has 3 atom stereocenters. The van der Waals surface area contributed by atoms with E-state index in [0.29, 0.717) is 17.7 Å². The highest BCUT2D eigenvalue weighted by molar-refractivity contribution is 5.81. The van der Waals surface area contributed by atoms with E-state index < -0.39 is 0 Å². The molecule has 3 heteroatoms. The van der Waals surface area contributed by atoms with Crippen LogP contribution >= 0.6 is 0 Å². The van der Waals surface area contributed by atoms with Gasteiger partial charge in [0.2, 0.25) is 0 Å². The van der Waals surface area contributed by atoms with Crippen LogP contribution in [-0.4, -0.2) is 41.0 Å². The van der Waals surface area contributed by atoms with Gasteiger partial charge in [-0.25, -0.2) is 0 Å². The number of carbonyl (C=O) groups excluding carboxylic acids is 1. The third kappa shape index (κ3) is 1.98. The van der Waals surface area contributed by atoms with Gasteiger partial charge in [-0.15, -0.1) is 0 Å². The van der Waals surface area contributed by atoms with E-state index in [1.54, 1.807) is 0 Å². The first-order chi connectivity index (χ1) is 6.66. The molecule has 14 heavy (non-hydrogen) atoms. The zero-order chi connectivity index (χ0) is 10.1. The van der Waals surface area contributed by atoms with Crippen LogP contribution in [0.4, 0.5) is 0 Å². The highest BCUT2D eigenvalue weighted by atomic mass is 16.3. The Hall–Kier alpha value is -0.410. The van der Waals surface area contributed by atoms with Crippen molar-refractivity contribution in [3.05, 3.63) is 0 Å². The smallest absolute Gasteiger partial charge is 0.134 e. The number of carbonyl (C=O) groups is 1. The normalized spacial score (nSPS) is 40.4. The number of likely N-dealkylation sites (tertiary alicyclic amines) is 1. The Labute approximate surface area is 85.1 Å². The lowest BCUT2D eigenvalue weighted by atomic mass is 9.95. The first-order valence-electron chi connectivity index (χ1n) is 5.60. The van der Waals surface area contributed by atoms with Crippen LogP contribution in [-0.2, 0) is 4.79 Å². The van der Waals surface area contributed by atoms with Crippen molar-refractivity contribution in [2.45, 2.75) is 44.8 Å². The molecule has 0 spiro atoms. The Balaban J connectivity index is 1.90. The van der Waals surface area contributed by atoms with Crippen LogP contribution in [0.3, 0.4) is 0 Å². The van der Waals surface area contributed by atoms with Crippen LogP contribution in [0.15, 0.2) is 0 Å². The van der Waals surface area contributed by atoms with Gasteiger partial charge in [-0.3, -0.25) is 9.69 Å². The summed E-state index contributed by atoms with van der Waals surface area (Å²) in [5.74, 6) is 0.772. The molecule has 2 aliphatic rings. The van der Waals surface area contributed by atoms with E-state index in [9.17, 15) is 9.90 Å². The summed E-state index contributed by atoms with van der Waals surface area (Å²) < 4.78 is 0. The molecule has 0 amide bonds. The number of piperidine rings is 1. The Bertz CT molecular complexity index is 229. The monoisotopic (exact) mass is 197 g/mol. The van der Waals surface area contributed by atoms with Crippen LogP contribution in [0.1, 0.15) is 32.6 Å². The Morgan fingerprint density at radius 1 is 1.43 bits per heavy atom. The average Bonchev–Trinajstić information content (AvgIpc) is 2.57. The lowest BCUT2D eigenvalue weighted by Crippen LogP contribution is -2.46. The second-order valence-corrected chi connectivity index (χ2v) is 4.76. The summed E-state index contributed by atoms with van der Waals surface area (Å²) in [5, 5.41) is 9.60. The molecule has 1 aliphatic carbocycles. The lowest BCUT2D eigenvalue weighted by molar-refractivity contribution is -0.117. The molecule has 2 fully saturated rings. The Morgan fingerprint density at radius 2 is 2.21 bits per heavy atom. The van der Waals surface area contributed by atoms with E-state index >= 15 is 0 Å². The van der Waals surface area contributed by atoms with Crippen LogP contribution < -0.4 is 0 Å². The first-order valence-corrected chi connectivity index (χ1v) is 5.60. The van der Waals surface area contributed by atoms with Gasteiger partial charge in [-0.2, -0.15) is 0 Å². The van der Waals surface area contributed by atoms with Gasteiger partial charge in [0.15, 0.2) is 0 Å². The summed E-state index contributed by atoms with van der Waals surface area (Å²) >= 11 is 0. The topological polar surface area (TPSA) is 40.5 Å². The highest BCUT2D eigenvalue weighted by Gasteiger charge is 2.32. The average molecular weight is 197 g/mol. The van der Waals surface area contributed by atoms with Crippen molar-refractivity contribution in [1.82, 2.24) is 4.90 Å². The van der Waals surface area contributed by atoms with Crippen molar-refractivity contribution >= 4 is 5.78 Å². The molecule has 1 saturated heterocycles. The van der Waals surface area contributed by atoms with E-state index in [0.717, 1.165) is 38.8 Å². The molecule has 80 valence electrons.